The Bertz CT molecular complexity index is 258. The lowest BCUT2D eigenvalue weighted by atomic mass is 10.7. The van der Waals surface area contributed by atoms with Crippen LogP contribution in [0.15, 0.2) is 17.2 Å². The minimum Gasteiger partial charge on any atom is -0.351 e. The molecule has 1 aromatic heterocycles. The fraction of sp³-hybridized carbons (Fsp3) is 0.400. The number of nitrogens with one attached hydrogen (secondary N) is 1. The summed E-state index contributed by atoms with van der Waals surface area (Å²) in [6.45, 7) is 0.664. The van der Waals surface area contributed by atoms with Gasteiger partial charge < -0.3 is 9.72 Å². The first-order valence-electron chi connectivity index (χ1n) is 2.75. The second-order valence-electron chi connectivity index (χ2n) is 1.96. The van der Waals surface area contributed by atoms with Gasteiger partial charge in [-0.15, -0.1) is 0 Å². The molecule has 1 aliphatic rings. The highest BCUT2D eigenvalue weighted by Gasteiger charge is 2.25. The van der Waals surface area contributed by atoms with Crippen molar-refractivity contribution in [2.24, 2.45) is 0 Å². The van der Waals surface area contributed by atoms with E-state index < -0.39 is 0 Å². The fourth-order valence-electron chi connectivity index (χ4n) is 0.761. The monoisotopic (exact) mass is 126 g/mol. The Kier molecular flexibility index (Phi) is 0.790. The number of nitrogens with zero attached hydrogens (tertiary/aromatic N) is 1. The van der Waals surface area contributed by atoms with Crippen LogP contribution in [0.3, 0.4) is 0 Å². The molecule has 1 aliphatic heterocycles. The van der Waals surface area contributed by atoms with Gasteiger partial charge in [-0.25, -0.2) is 4.79 Å². The number of ether oxygens (including phenoxy) is 1. The van der Waals surface area contributed by atoms with Crippen molar-refractivity contribution in [1.82, 2.24) is 9.55 Å². The highest BCUT2D eigenvalue weighted by molar-refractivity contribution is 4.81. The molecule has 0 saturated carbocycles. The lowest BCUT2D eigenvalue weighted by Gasteiger charge is -1.87. The lowest BCUT2D eigenvalue weighted by Crippen LogP contribution is -2.14. The van der Waals surface area contributed by atoms with Crippen LogP contribution in [-0.2, 0) is 4.74 Å². The van der Waals surface area contributed by atoms with E-state index in [2.05, 4.69) is 4.98 Å². The van der Waals surface area contributed by atoms with Crippen molar-refractivity contribution in [2.45, 2.75) is 6.23 Å². The molecule has 2 rings (SSSR count). The Hall–Kier alpha value is -1.03. The van der Waals surface area contributed by atoms with Gasteiger partial charge in [-0.2, -0.15) is 0 Å². The summed E-state index contributed by atoms with van der Waals surface area (Å²) >= 11 is 0. The van der Waals surface area contributed by atoms with Crippen LogP contribution in [0.25, 0.3) is 0 Å². The molecule has 1 saturated heterocycles. The maximum absolute atomic E-state index is 10.7. The van der Waals surface area contributed by atoms with Gasteiger partial charge in [0.05, 0.1) is 6.61 Å². The summed E-state index contributed by atoms with van der Waals surface area (Å²) in [5, 5.41) is 0. The molecular formula is C5H6N2O2. The molecular weight excluding hydrogens is 120 g/mol. The number of aromatic amines is 1. The molecule has 4 nitrogen and oxygen atoms in total. The van der Waals surface area contributed by atoms with E-state index in [-0.39, 0.29) is 11.9 Å². The fourth-order valence-corrected chi connectivity index (χ4v) is 0.761. The van der Waals surface area contributed by atoms with E-state index in [1.54, 1.807) is 12.4 Å². The van der Waals surface area contributed by atoms with Crippen molar-refractivity contribution < 1.29 is 4.74 Å². The topological polar surface area (TPSA) is 50.3 Å². The average molecular weight is 126 g/mol. The van der Waals surface area contributed by atoms with Crippen LogP contribution in [0.4, 0.5) is 0 Å². The Morgan fingerprint density at radius 1 is 1.89 bits per heavy atom. The third-order valence-electron chi connectivity index (χ3n) is 1.30. The third kappa shape index (κ3) is 0.675. The molecule has 0 spiro atoms. The molecule has 1 N–H and O–H groups in total. The predicted octanol–water partition coefficient (Wildman–Crippen LogP) is -0.295. The second kappa shape index (κ2) is 1.48. The zero-order chi connectivity index (χ0) is 6.27. The number of hydrogen-bond acceptors (Lipinski definition) is 2. The van der Waals surface area contributed by atoms with Crippen LogP contribution >= 0.6 is 0 Å². The molecule has 2 heterocycles. The molecule has 1 atom stereocenters. The van der Waals surface area contributed by atoms with Crippen LogP contribution in [0.1, 0.15) is 6.23 Å². The Morgan fingerprint density at radius 3 is 3.11 bits per heavy atom. The van der Waals surface area contributed by atoms with E-state index >= 15 is 0 Å². The molecule has 1 unspecified atom stereocenters. The summed E-state index contributed by atoms with van der Waals surface area (Å²) in [5.41, 5.74) is -0.0995. The number of imidazole rings is 1. The molecule has 1 fully saturated rings. The Balaban J connectivity index is 2.47. The Morgan fingerprint density at radius 2 is 2.67 bits per heavy atom. The minimum atomic E-state index is -0.0995. The van der Waals surface area contributed by atoms with Gasteiger partial charge in [0.2, 0.25) is 0 Å². The number of aromatic nitrogens is 2. The third-order valence-corrected chi connectivity index (χ3v) is 1.30. The van der Waals surface area contributed by atoms with Crippen LogP contribution in [0, 0.1) is 0 Å². The molecule has 0 radical (unpaired) electrons. The molecule has 0 aliphatic carbocycles. The highest BCUT2D eigenvalue weighted by Crippen LogP contribution is 2.19. The molecule has 48 valence electrons. The molecule has 1 aromatic rings. The highest BCUT2D eigenvalue weighted by atomic mass is 16.6. The van der Waals surface area contributed by atoms with Gasteiger partial charge in [-0.3, -0.25) is 4.57 Å². The summed E-state index contributed by atoms with van der Waals surface area (Å²) in [4.78, 5) is 13.2. The summed E-state index contributed by atoms with van der Waals surface area (Å²) < 4.78 is 6.40. The number of hydrogen-bond donors (Lipinski definition) is 1. The molecule has 0 aromatic carbocycles. The summed E-state index contributed by atoms with van der Waals surface area (Å²) in [5.74, 6) is 0. The molecule has 9 heavy (non-hydrogen) atoms. The van der Waals surface area contributed by atoms with Gasteiger partial charge in [-0.1, -0.05) is 0 Å². The lowest BCUT2D eigenvalue weighted by molar-refractivity contribution is 0.349. The van der Waals surface area contributed by atoms with Gasteiger partial charge >= 0.3 is 5.69 Å². The summed E-state index contributed by atoms with van der Waals surface area (Å²) in [6, 6.07) is 0. The SMILES string of the molecule is O=c1[nH]ccn1C1CO1. The average Bonchev–Trinajstić information content (AvgIpc) is 2.58. The van der Waals surface area contributed by atoms with Crippen LogP contribution < -0.4 is 5.69 Å². The van der Waals surface area contributed by atoms with Gasteiger partial charge in [0, 0.05) is 12.4 Å². The summed E-state index contributed by atoms with van der Waals surface area (Å²) in [6.07, 6.45) is 3.29. The second-order valence-corrected chi connectivity index (χ2v) is 1.96. The maximum Gasteiger partial charge on any atom is 0.327 e. The molecule has 0 amide bonds. The van der Waals surface area contributed by atoms with Crippen LogP contribution in [0.2, 0.25) is 0 Å². The first-order valence-corrected chi connectivity index (χ1v) is 2.75. The predicted molar refractivity (Wildman–Crippen MR) is 30.0 cm³/mol. The van der Waals surface area contributed by atoms with E-state index in [0.29, 0.717) is 6.61 Å². The van der Waals surface area contributed by atoms with Crippen LogP contribution in [0.5, 0.6) is 0 Å². The zero-order valence-corrected chi connectivity index (χ0v) is 4.70. The van der Waals surface area contributed by atoms with Crippen molar-refractivity contribution in [3.8, 4) is 0 Å². The van der Waals surface area contributed by atoms with E-state index in [1.807, 2.05) is 0 Å². The van der Waals surface area contributed by atoms with Crippen molar-refractivity contribution in [1.29, 1.82) is 0 Å². The van der Waals surface area contributed by atoms with Crippen molar-refractivity contribution in [2.75, 3.05) is 6.61 Å². The van der Waals surface area contributed by atoms with Gasteiger partial charge in [0.25, 0.3) is 0 Å². The Labute approximate surface area is 51.1 Å². The van der Waals surface area contributed by atoms with Crippen LogP contribution in [-0.4, -0.2) is 16.2 Å². The van der Waals surface area contributed by atoms with Gasteiger partial charge in [0.1, 0.15) is 0 Å². The van der Waals surface area contributed by atoms with Gasteiger partial charge in [-0.05, 0) is 0 Å². The van der Waals surface area contributed by atoms with E-state index in [9.17, 15) is 4.79 Å². The summed E-state index contributed by atoms with van der Waals surface area (Å²) in [7, 11) is 0. The maximum atomic E-state index is 10.7. The number of H-pyrrole nitrogens is 1. The number of rotatable bonds is 1. The first kappa shape index (κ1) is 4.81. The van der Waals surface area contributed by atoms with Crippen molar-refractivity contribution in [3.05, 3.63) is 22.9 Å². The largest absolute Gasteiger partial charge is 0.351 e. The van der Waals surface area contributed by atoms with Crippen molar-refractivity contribution >= 4 is 0 Å². The van der Waals surface area contributed by atoms with E-state index in [4.69, 9.17) is 4.74 Å². The standard InChI is InChI=1S/C5H6N2O2/c8-5-6-1-2-7(5)4-3-9-4/h1-2,4H,3H2,(H,6,8). The number of epoxide rings is 1. The molecule has 0 bridgehead atoms. The van der Waals surface area contributed by atoms with Crippen molar-refractivity contribution in [3.63, 3.8) is 0 Å². The molecule has 4 heteroatoms. The van der Waals surface area contributed by atoms with E-state index in [0.717, 1.165) is 0 Å². The minimum absolute atomic E-state index is 0.00347. The zero-order valence-electron chi connectivity index (χ0n) is 4.70. The quantitative estimate of drug-likeness (QED) is 0.525. The first-order chi connectivity index (χ1) is 4.38. The van der Waals surface area contributed by atoms with E-state index in [1.165, 1.54) is 4.57 Å². The van der Waals surface area contributed by atoms with Gasteiger partial charge in [0.15, 0.2) is 6.23 Å². The normalized spacial score (nSPS) is 24.2. The smallest absolute Gasteiger partial charge is 0.327 e.